The van der Waals surface area contributed by atoms with E-state index in [-0.39, 0.29) is 0 Å². The molecule has 3 heterocycles. The second-order valence-electron chi connectivity index (χ2n) is 8.37. The number of hydrogen-bond donors (Lipinski definition) is 0. The predicted molar refractivity (Wildman–Crippen MR) is 134 cm³/mol. The molecule has 2 aromatic heterocycles. The van der Waals surface area contributed by atoms with Gasteiger partial charge in [-0.3, -0.25) is 4.57 Å². The number of aromatic nitrogens is 4. The zero-order chi connectivity index (χ0) is 22.6. The normalized spacial score (nSPS) is 12.0. The summed E-state index contributed by atoms with van der Waals surface area (Å²) in [7, 11) is 0. The van der Waals surface area contributed by atoms with Gasteiger partial charge in [0.2, 0.25) is 0 Å². The largest absolute Gasteiger partial charge is 0.452 e. The lowest BCUT2D eigenvalue weighted by molar-refractivity contribution is 0.476. The molecule has 1 aliphatic rings. The van der Waals surface area contributed by atoms with Gasteiger partial charge in [-0.1, -0.05) is 61.5 Å². The third kappa shape index (κ3) is 2.70. The van der Waals surface area contributed by atoms with E-state index < -0.39 is 0 Å². The molecule has 6 aromatic rings. The SMILES string of the molecule is CCc1nc2ccc(-c3nc4ccccc4nc3-c3ccccc3)c3c2n1-c1ccccc1O3. The van der Waals surface area contributed by atoms with Gasteiger partial charge in [0.05, 0.1) is 27.9 Å². The monoisotopic (exact) mass is 440 g/mol. The van der Waals surface area contributed by atoms with Gasteiger partial charge in [0, 0.05) is 17.5 Å². The summed E-state index contributed by atoms with van der Waals surface area (Å²) >= 11 is 0. The summed E-state index contributed by atoms with van der Waals surface area (Å²) in [6.07, 6.45) is 0.822. The number of ether oxygens (including phenoxy) is 1. The number of aryl methyl sites for hydroxylation is 1. The van der Waals surface area contributed by atoms with E-state index in [0.29, 0.717) is 0 Å². The van der Waals surface area contributed by atoms with Gasteiger partial charge in [0.1, 0.15) is 17.0 Å². The van der Waals surface area contributed by atoms with Gasteiger partial charge in [-0.05, 0) is 36.4 Å². The molecule has 5 nitrogen and oxygen atoms in total. The van der Waals surface area contributed by atoms with Gasteiger partial charge >= 0.3 is 0 Å². The molecule has 0 spiro atoms. The Morgan fingerprint density at radius 2 is 1.38 bits per heavy atom. The van der Waals surface area contributed by atoms with Gasteiger partial charge in [0.25, 0.3) is 0 Å². The van der Waals surface area contributed by atoms with E-state index in [9.17, 15) is 0 Å². The summed E-state index contributed by atoms with van der Waals surface area (Å²) in [5.74, 6) is 2.59. The number of benzene rings is 4. The van der Waals surface area contributed by atoms with Crippen LogP contribution in [-0.2, 0) is 6.42 Å². The van der Waals surface area contributed by atoms with Crippen LogP contribution in [0.2, 0.25) is 0 Å². The first-order valence-electron chi connectivity index (χ1n) is 11.5. The lowest BCUT2D eigenvalue weighted by atomic mass is 10.0. The van der Waals surface area contributed by atoms with E-state index in [0.717, 1.165) is 74.0 Å². The fourth-order valence-electron chi connectivity index (χ4n) is 4.79. The highest BCUT2D eigenvalue weighted by Crippen LogP contribution is 2.47. The van der Waals surface area contributed by atoms with Crippen molar-refractivity contribution in [1.29, 1.82) is 0 Å². The number of hydrogen-bond acceptors (Lipinski definition) is 4. The van der Waals surface area contributed by atoms with E-state index >= 15 is 0 Å². The standard InChI is InChI=1S/C29H20N4O/c1-2-25-30-22-17-16-19(29-28(22)33(25)23-14-8-9-15-24(23)34-29)27-26(18-10-4-3-5-11-18)31-20-12-6-7-13-21(20)32-27/h3-17H,2H2,1H3. The Morgan fingerprint density at radius 1 is 0.676 bits per heavy atom. The van der Waals surface area contributed by atoms with Crippen LogP contribution in [0.15, 0.2) is 91.0 Å². The average molecular weight is 441 g/mol. The van der Waals surface area contributed by atoms with Crippen LogP contribution in [-0.4, -0.2) is 19.5 Å². The summed E-state index contributed by atoms with van der Waals surface area (Å²) in [6, 6.07) is 30.4. The van der Waals surface area contributed by atoms with Crippen molar-refractivity contribution in [3.8, 4) is 39.7 Å². The summed E-state index contributed by atoms with van der Waals surface area (Å²) in [5, 5.41) is 0. The van der Waals surface area contributed by atoms with Crippen LogP contribution >= 0.6 is 0 Å². The molecular weight excluding hydrogens is 420 g/mol. The van der Waals surface area contributed by atoms with Gasteiger partial charge in [-0.25, -0.2) is 15.0 Å². The van der Waals surface area contributed by atoms with Crippen LogP contribution < -0.4 is 4.74 Å². The molecule has 4 aromatic carbocycles. The maximum absolute atomic E-state index is 6.57. The van der Waals surface area contributed by atoms with Crippen molar-refractivity contribution in [2.45, 2.75) is 13.3 Å². The van der Waals surface area contributed by atoms with Gasteiger partial charge in [-0.2, -0.15) is 0 Å². The number of rotatable bonds is 3. The maximum Gasteiger partial charge on any atom is 0.163 e. The zero-order valence-electron chi connectivity index (χ0n) is 18.6. The topological polar surface area (TPSA) is 52.8 Å². The lowest BCUT2D eigenvalue weighted by Gasteiger charge is -2.23. The number of nitrogens with zero attached hydrogens (tertiary/aromatic N) is 4. The maximum atomic E-state index is 6.57. The van der Waals surface area contributed by atoms with Crippen molar-refractivity contribution >= 4 is 22.1 Å². The van der Waals surface area contributed by atoms with Gasteiger partial charge in [0.15, 0.2) is 11.5 Å². The predicted octanol–water partition coefficient (Wildman–Crippen LogP) is 6.97. The molecule has 0 saturated carbocycles. The molecule has 0 amide bonds. The Balaban J connectivity index is 1.59. The van der Waals surface area contributed by atoms with Crippen molar-refractivity contribution in [2.75, 3.05) is 0 Å². The number of para-hydroxylation sites is 4. The molecule has 162 valence electrons. The van der Waals surface area contributed by atoms with Crippen molar-refractivity contribution in [3.63, 3.8) is 0 Å². The molecule has 0 atom stereocenters. The third-order valence-electron chi connectivity index (χ3n) is 6.35. The summed E-state index contributed by atoms with van der Waals surface area (Å²) in [6.45, 7) is 2.13. The highest BCUT2D eigenvalue weighted by atomic mass is 16.5. The Bertz CT molecular complexity index is 1720. The van der Waals surface area contributed by atoms with E-state index in [2.05, 4.69) is 41.8 Å². The van der Waals surface area contributed by atoms with E-state index in [1.54, 1.807) is 0 Å². The molecule has 1 aliphatic heterocycles. The number of fused-ring (bicyclic) bond motifs is 3. The first kappa shape index (κ1) is 19.0. The lowest BCUT2D eigenvalue weighted by Crippen LogP contribution is -2.08. The molecular formula is C29H20N4O. The second kappa shape index (κ2) is 7.25. The minimum Gasteiger partial charge on any atom is -0.452 e. The van der Waals surface area contributed by atoms with E-state index in [1.807, 2.05) is 60.7 Å². The zero-order valence-corrected chi connectivity index (χ0v) is 18.6. The van der Waals surface area contributed by atoms with Crippen LogP contribution in [0.3, 0.4) is 0 Å². The summed E-state index contributed by atoms with van der Waals surface area (Å²) in [4.78, 5) is 15.1. The van der Waals surface area contributed by atoms with E-state index in [1.165, 1.54) is 0 Å². The molecule has 0 bridgehead atoms. The molecule has 0 saturated heterocycles. The van der Waals surface area contributed by atoms with Crippen molar-refractivity contribution < 1.29 is 4.74 Å². The average Bonchev–Trinajstić information content (AvgIpc) is 3.29. The Labute approximate surface area is 196 Å². The Hall–Kier alpha value is -4.51. The molecule has 7 rings (SSSR count). The Kier molecular flexibility index (Phi) is 4.05. The minimum atomic E-state index is 0.769. The summed E-state index contributed by atoms with van der Waals surface area (Å²) < 4.78 is 8.79. The number of imidazole rings is 1. The van der Waals surface area contributed by atoms with Crippen molar-refractivity contribution in [2.24, 2.45) is 0 Å². The first-order chi connectivity index (χ1) is 16.8. The highest BCUT2D eigenvalue weighted by molar-refractivity contribution is 5.97. The third-order valence-corrected chi connectivity index (χ3v) is 6.35. The van der Waals surface area contributed by atoms with Crippen LogP contribution in [0.25, 0.3) is 50.3 Å². The molecule has 5 heteroatoms. The first-order valence-corrected chi connectivity index (χ1v) is 11.5. The molecule has 34 heavy (non-hydrogen) atoms. The van der Waals surface area contributed by atoms with Gasteiger partial charge in [-0.15, -0.1) is 0 Å². The minimum absolute atomic E-state index is 0.769. The van der Waals surface area contributed by atoms with Crippen LogP contribution in [0, 0.1) is 0 Å². The van der Waals surface area contributed by atoms with Crippen LogP contribution in [0.4, 0.5) is 0 Å². The van der Waals surface area contributed by atoms with Crippen LogP contribution in [0.1, 0.15) is 12.7 Å². The molecule has 0 unspecified atom stereocenters. The smallest absolute Gasteiger partial charge is 0.163 e. The van der Waals surface area contributed by atoms with Crippen molar-refractivity contribution in [1.82, 2.24) is 19.5 Å². The Morgan fingerprint density at radius 3 is 2.18 bits per heavy atom. The van der Waals surface area contributed by atoms with Gasteiger partial charge < -0.3 is 4.74 Å². The molecule has 0 radical (unpaired) electrons. The highest BCUT2D eigenvalue weighted by Gasteiger charge is 2.28. The fraction of sp³-hybridized carbons (Fsp3) is 0.0690. The molecule has 0 aliphatic carbocycles. The van der Waals surface area contributed by atoms with Crippen LogP contribution in [0.5, 0.6) is 11.5 Å². The molecule has 0 N–H and O–H groups in total. The fourth-order valence-corrected chi connectivity index (χ4v) is 4.79. The summed E-state index contributed by atoms with van der Waals surface area (Å²) in [5.41, 5.74) is 8.17. The van der Waals surface area contributed by atoms with E-state index in [4.69, 9.17) is 19.7 Å². The quantitative estimate of drug-likeness (QED) is 0.298. The molecule has 0 fully saturated rings. The van der Waals surface area contributed by atoms with Crippen molar-refractivity contribution in [3.05, 3.63) is 96.8 Å². The second-order valence-corrected chi connectivity index (χ2v) is 8.37.